The quantitative estimate of drug-likeness (QED) is 0.925. The van der Waals surface area contributed by atoms with E-state index < -0.39 is 0 Å². The molecule has 1 fully saturated rings. The zero-order valence-corrected chi connectivity index (χ0v) is 12.7. The van der Waals surface area contributed by atoms with E-state index in [1.54, 1.807) is 25.4 Å². The first kappa shape index (κ1) is 14.5. The van der Waals surface area contributed by atoms with Crippen molar-refractivity contribution in [1.82, 2.24) is 20.4 Å². The van der Waals surface area contributed by atoms with Gasteiger partial charge in [0.1, 0.15) is 5.82 Å². The summed E-state index contributed by atoms with van der Waals surface area (Å²) in [5.74, 6) is 2.29. The summed E-state index contributed by atoms with van der Waals surface area (Å²) < 4.78 is 5.26. The molecular weight excluding hydrogens is 282 g/mol. The lowest BCUT2D eigenvalue weighted by molar-refractivity contribution is 0.0963. The average molecular weight is 301 g/mol. The van der Waals surface area contributed by atoms with Crippen LogP contribution in [0, 0.1) is 6.92 Å². The number of carbonyl (C=O) groups excluding carboxylic acids is 1. The van der Waals surface area contributed by atoms with E-state index in [1.165, 1.54) is 0 Å². The fourth-order valence-corrected chi connectivity index (χ4v) is 2.78. The summed E-state index contributed by atoms with van der Waals surface area (Å²) in [7, 11) is 1.63. The number of anilines is 1. The van der Waals surface area contributed by atoms with Crippen LogP contribution in [0.4, 0.5) is 5.82 Å². The summed E-state index contributed by atoms with van der Waals surface area (Å²) in [5, 5.41) is 6.51. The van der Waals surface area contributed by atoms with Crippen molar-refractivity contribution in [3.8, 4) is 0 Å². The van der Waals surface area contributed by atoms with Crippen LogP contribution in [0.1, 0.15) is 40.8 Å². The first-order valence-electron chi connectivity index (χ1n) is 7.41. The molecule has 0 spiro atoms. The number of nitrogens with one attached hydrogen (secondary N) is 1. The molecule has 0 saturated carbocycles. The summed E-state index contributed by atoms with van der Waals surface area (Å²) in [6.45, 7) is 3.45. The van der Waals surface area contributed by atoms with Crippen molar-refractivity contribution < 1.29 is 9.32 Å². The number of aryl methyl sites for hydroxylation is 1. The minimum Gasteiger partial charge on any atom is -0.356 e. The molecule has 22 heavy (non-hydrogen) atoms. The summed E-state index contributed by atoms with van der Waals surface area (Å²) >= 11 is 0. The number of amides is 1. The zero-order chi connectivity index (χ0) is 15.5. The van der Waals surface area contributed by atoms with Crippen LogP contribution in [0.2, 0.25) is 0 Å². The summed E-state index contributed by atoms with van der Waals surface area (Å²) in [6, 6.07) is 3.58. The third kappa shape index (κ3) is 2.79. The van der Waals surface area contributed by atoms with Crippen LogP contribution in [0.5, 0.6) is 0 Å². The van der Waals surface area contributed by atoms with Gasteiger partial charge in [-0.1, -0.05) is 5.16 Å². The summed E-state index contributed by atoms with van der Waals surface area (Å²) in [6.07, 6.45) is 3.53. The first-order chi connectivity index (χ1) is 10.7. The Morgan fingerprint density at radius 1 is 1.41 bits per heavy atom. The molecule has 1 saturated heterocycles. The fraction of sp³-hybridized carbons (Fsp3) is 0.467. The molecule has 0 aromatic carbocycles. The van der Waals surface area contributed by atoms with Gasteiger partial charge in [0.05, 0.1) is 5.56 Å². The molecule has 1 aliphatic rings. The molecule has 0 radical (unpaired) electrons. The highest BCUT2D eigenvalue weighted by atomic mass is 16.5. The molecule has 3 heterocycles. The molecule has 1 aliphatic heterocycles. The summed E-state index contributed by atoms with van der Waals surface area (Å²) in [5.41, 5.74) is 0.608. The van der Waals surface area contributed by atoms with E-state index in [1.807, 2.05) is 6.92 Å². The van der Waals surface area contributed by atoms with Crippen LogP contribution in [0.3, 0.4) is 0 Å². The molecule has 7 nitrogen and oxygen atoms in total. The zero-order valence-electron chi connectivity index (χ0n) is 12.7. The van der Waals surface area contributed by atoms with E-state index in [9.17, 15) is 4.79 Å². The Morgan fingerprint density at radius 2 is 2.18 bits per heavy atom. The third-order valence-corrected chi connectivity index (χ3v) is 3.95. The Kier molecular flexibility index (Phi) is 4.04. The molecule has 0 aliphatic carbocycles. The maximum absolute atomic E-state index is 12.0. The molecule has 0 unspecified atom stereocenters. The molecule has 2 aromatic rings. The van der Waals surface area contributed by atoms with Gasteiger partial charge in [-0.15, -0.1) is 0 Å². The molecule has 0 atom stereocenters. The second-order valence-corrected chi connectivity index (χ2v) is 5.39. The van der Waals surface area contributed by atoms with E-state index in [4.69, 9.17) is 4.52 Å². The minimum absolute atomic E-state index is 0.113. The van der Waals surface area contributed by atoms with Gasteiger partial charge in [0, 0.05) is 32.3 Å². The molecule has 116 valence electrons. The molecule has 3 rings (SSSR count). The Bertz CT molecular complexity index is 661. The van der Waals surface area contributed by atoms with E-state index >= 15 is 0 Å². The number of nitrogens with zero attached hydrogens (tertiary/aromatic N) is 4. The number of pyridine rings is 1. The second kappa shape index (κ2) is 6.13. The first-order valence-corrected chi connectivity index (χ1v) is 7.41. The molecule has 1 amide bonds. The van der Waals surface area contributed by atoms with Gasteiger partial charge in [0.2, 0.25) is 5.89 Å². The van der Waals surface area contributed by atoms with Crippen molar-refractivity contribution in [2.45, 2.75) is 25.7 Å². The lowest BCUT2D eigenvalue weighted by Crippen LogP contribution is -2.35. The van der Waals surface area contributed by atoms with Gasteiger partial charge in [-0.05, 0) is 31.9 Å². The van der Waals surface area contributed by atoms with E-state index in [-0.39, 0.29) is 11.8 Å². The van der Waals surface area contributed by atoms with Gasteiger partial charge in [-0.25, -0.2) is 4.98 Å². The summed E-state index contributed by atoms with van der Waals surface area (Å²) in [4.78, 5) is 22.8. The van der Waals surface area contributed by atoms with E-state index in [0.717, 1.165) is 31.7 Å². The Hall–Kier alpha value is -2.44. The largest absolute Gasteiger partial charge is 0.356 e. The maximum atomic E-state index is 12.0. The highest BCUT2D eigenvalue weighted by Gasteiger charge is 2.27. The van der Waals surface area contributed by atoms with Crippen LogP contribution in [0.25, 0.3) is 0 Å². The number of carbonyl (C=O) groups is 1. The lowest BCUT2D eigenvalue weighted by atomic mass is 9.96. The van der Waals surface area contributed by atoms with Gasteiger partial charge in [0.15, 0.2) is 5.82 Å². The van der Waals surface area contributed by atoms with E-state index in [2.05, 4.69) is 25.3 Å². The Labute approximate surface area is 128 Å². The minimum atomic E-state index is -0.113. The number of piperidine rings is 1. The average Bonchev–Trinajstić information content (AvgIpc) is 3.01. The van der Waals surface area contributed by atoms with Crippen LogP contribution in [0.15, 0.2) is 22.9 Å². The molecule has 2 aromatic heterocycles. The number of hydrogen-bond acceptors (Lipinski definition) is 6. The number of rotatable bonds is 3. The van der Waals surface area contributed by atoms with Gasteiger partial charge in [-0.2, -0.15) is 4.98 Å². The van der Waals surface area contributed by atoms with Crippen molar-refractivity contribution in [2.24, 2.45) is 0 Å². The van der Waals surface area contributed by atoms with Gasteiger partial charge < -0.3 is 14.7 Å². The molecule has 0 bridgehead atoms. The van der Waals surface area contributed by atoms with Crippen molar-refractivity contribution in [2.75, 3.05) is 25.0 Å². The smallest absolute Gasteiger partial charge is 0.254 e. The van der Waals surface area contributed by atoms with Gasteiger partial charge >= 0.3 is 0 Å². The van der Waals surface area contributed by atoms with Crippen LogP contribution in [-0.4, -0.2) is 41.2 Å². The lowest BCUT2D eigenvalue weighted by Gasteiger charge is -2.32. The SMILES string of the molecule is CNC(=O)c1cccnc1N1CCC(c2nc(C)no2)CC1. The predicted molar refractivity (Wildman–Crippen MR) is 80.9 cm³/mol. The van der Waals surface area contributed by atoms with Gasteiger partial charge in [-0.3, -0.25) is 4.79 Å². The highest BCUT2D eigenvalue weighted by molar-refractivity contribution is 5.98. The molecule has 7 heteroatoms. The molecule has 1 N–H and O–H groups in total. The van der Waals surface area contributed by atoms with Crippen molar-refractivity contribution in [1.29, 1.82) is 0 Å². The number of hydrogen-bond donors (Lipinski definition) is 1. The predicted octanol–water partition coefficient (Wildman–Crippen LogP) is 1.52. The van der Waals surface area contributed by atoms with Gasteiger partial charge in [0.25, 0.3) is 5.91 Å². The molecular formula is C15H19N5O2. The second-order valence-electron chi connectivity index (χ2n) is 5.39. The van der Waals surface area contributed by atoms with Crippen molar-refractivity contribution in [3.63, 3.8) is 0 Å². The maximum Gasteiger partial charge on any atom is 0.254 e. The fourth-order valence-electron chi connectivity index (χ4n) is 2.78. The number of aromatic nitrogens is 3. The monoisotopic (exact) mass is 301 g/mol. The standard InChI is InChI=1S/C15H19N5O2/c1-10-18-15(22-19-10)11-5-8-20(9-6-11)13-12(14(21)16-2)4-3-7-17-13/h3-4,7,11H,5-6,8-9H2,1-2H3,(H,16,21). The topological polar surface area (TPSA) is 84.2 Å². The normalized spacial score (nSPS) is 15.8. The Balaban J connectivity index is 1.73. The van der Waals surface area contributed by atoms with E-state index in [0.29, 0.717) is 17.3 Å². The third-order valence-electron chi connectivity index (χ3n) is 3.95. The van der Waals surface area contributed by atoms with Crippen LogP contribution in [-0.2, 0) is 0 Å². The highest BCUT2D eigenvalue weighted by Crippen LogP contribution is 2.30. The Morgan fingerprint density at radius 3 is 2.82 bits per heavy atom. The van der Waals surface area contributed by atoms with Crippen molar-refractivity contribution in [3.05, 3.63) is 35.6 Å². The van der Waals surface area contributed by atoms with Crippen LogP contribution < -0.4 is 10.2 Å². The van der Waals surface area contributed by atoms with Crippen molar-refractivity contribution >= 4 is 11.7 Å². The van der Waals surface area contributed by atoms with Crippen LogP contribution >= 0.6 is 0 Å².